The van der Waals surface area contributed by atoms with Crippen molar-refractivity contribution in [3.8, 4) is 0 Å². The van der Waals surface area contributed by atoms with Crippen LogP contribution in [-0.2, 0) is 0 Å². The Labute approximate surface area is 99.7 Å². The standard InChI is InChI=1S/C12H16N2O3/c1-2-10(15)9-4-3-8(5-13-9)14-6-11(16)12(17)7-14/h3-5,11-12,16-17H,2,6-7H2,1H3. The first kappa shape index (κ1) is 12.0. The summed E-state index contributed by atoms with van der Waals surface area (Å²) in [6.45, 7) is 2.58. The van der Waals surface area contributed by atoms with Crippen LogP contribution in [0.1, 0.15) is 23.8 Å². The number of aliphatic hydroxyl groups excluding tert-OH is 2. The van der Waals surface area contributed by atoms with Crippen LogP contribution in [0.4, 0.5) is 5.69 Å². The molecule has 0 aromatic carbocycles. The lowest BCUT2D eigenvalue weighted by Gasteiger charge is -2.17. The summed E-state index contributed by atoms with van der Waals surface area (Å²) in [5.41, 5.74) is 1.27. The highest BCUT2D eigenvalue weighted by Crippen LogP contribution is 2.20. The van der Waals surface area contributed by atoms with Gasteiger partial charge in [0, 0.05) is 19.5 Å². The fourth-order valence-corrected chi connectivity index (χ4v) is 1.90. The zero-order chi connectivity index (χ0) is 12.4. The summed E-state index contributed by atoms with van der Waals surface area (Å²) in [7, 11) is 0. The average Bonchev–Trinajstić information content (AvgIpc) is 2.69. The van der Waals surface area contributed by atoms with Crippen molar-refractivity contribution >= 4 is 11.5 Å². The molecule has 1 fully saturated rings. The number of Topliss-reactive ketones (excluding diaryl/α,β-unsaturated/α-hetero) is 1. The Morgan fingerprint density at radius 2 is 2.06 bits per heavy atom. The molecule has 1 aromatic heterocycles. The van der Waals surface area contributed by atoms with E-state index in [4.69, 9.17) is 0 Å². The van der Waals surface area contributed by atoms with E-state index in [0.29, 0.717) is 25.2 Å². The lowest BCUT2D eigenvalue weighted by molar-refractivity contribution is 0.0572. The average molecular weight is 236 g/mol. The van der Waals surface area contributed by atoms with E-state index in [1.54, 1.807) is 25.3 Å². The van der Waals surface area contributed by atoms with Crippen molar-refractivity contribution < 1.29 is 15.0 Å². The van der Waals surface area contributed by atoms with Crippen LogP contribution in [-0.4, -0.2) is 46.3 Å². The van der Waals surface area contributed by atoms with E-state index in [0.717, 1.165) is 5.69 Å². The monoisotopic (exact) mass is 236 g/mol. The van der Waals surface area contributed by atoms with E-state index in [1.165, 1.54) is 0 Å². The van der Waals surface area contributed by atoms with Crippen LogP contribution in [0, 0.1) is 0 Å². The molecule has 1 aliphatic rings. The quantitative estimate of drug-likeness (QED) is 0.734. The number of hydrogen-bond acceptors (Lipinski definition) is 5. The first-order valence-electron chi connectivity index (χ1n) is 5.72. The molecule has 1 aromatic rings. The molecule has 1 saturated heterocycles. The third-order valence-electron chi connectivity index (χ3n) is 2.98. The van der Waals surface area contributed by atoms with E-state index >= 15 is 0 Å². The lowest BCUT2D eigenvalue weighted by atomic mass is 10.2. The maximum Gasteiger partial charge on any atom is 0.180 e. The molecule has 0 aliphatic carbocycles. The molecule has 92 valence electrons. The second-order valence-corrected chi connectivity index (χ2v) is 4.22. The minimum absolute atomic E-state index is 0.0121. The first-order chi connectivity index (χ1) is 8.11. The van der Waals surface area contributed by atoms with Crippen molar-refractivity contribution in [3.05, 3.63) is 24.0 Å². The summed E-state index contributed by atoms with van der Waals surface area (Å²) in [6.07, 6.45) is 0.611. The molecule has 1 aliphatic heterocycles. The van der Waals surface area contributed by atoms with Crippen LogP contribution in [0.3, 0.4) is 0 Å². The highest BCUT2D eigenvalue weighted by atomic mass is 16.3. The Kier molecular flexibility index (Phi) is 3.40. The van der Waals surface area contributed by atoms with E-state index < -0.39 is 12.2 Å². The second-order valence-electron chi connectivity index (χ2n) is 4.22. The molecule has 2 atom stereocenters. The van der Waals surface area contributed by atoms with Gasteiger partial charge in [-0.05, 0) is 12.1 Å². The smallest absolute Gasteiger partial charge is 0.180 e. The molecule has 5 nitrogen and oxygen atoms in total. The number of anilines is 1. The number of aliphatic hydroxyl groups is 2. The largest absolute Gasteiger partial charge is 0.389 e. The van der Waals surface area contributed by atoms with E-state index in [-0.39, 0.29) is 5.78 Å². The zero-order valence-corrected chi connectivity index (χ0v) is 9.71. The number of rotatable bonds is 3. The Hall–Kier alpha value is -1.46. The Balaban J connectivity index is 2.11. The van der Waals surface area contributed by atoms with Crippen molar-refractivity contribution in [3.63, 3.8) is 0 Å². The fraction of sp³-hybridized carbons (Fsp3) is 0.500. The maximum atomic E-state index is 11.4. The minimum Gasteiger partial charge on any atom is -0.389 e. The van der Waals surface area contributed by atoms with Gasteiger partial charge in [-0.25, -0.2) is 0 Å². The number of β-amino-alcohol motifs (C(OH)–C–C–N with tert-alkyl or cyclic N) is 2. The van der Waals surface area contributed by atoms with Gasteiger partial charge in [0.1, 0.15) is 5.69 Å². The number of pyridine rings is 1. The lowest BCUT2D eigenvalue weighted by Crippen LogP contribution is -2.22. The van der Waals surface area contributed by atoms with Crippen LogP contribution in [0.25, 0.3) is 0 Å². The third kappa shape index (κ3) is 2.45. The van der Waals surface area contributed by atoms with Crippen molar-refractivity contribution in [2.75, 3.05) is 18.0 Å². The van der Waals surface area contributed by atoms with Crippen LogP contribution >= 0.6 is 0 Å². The molecular weight excluding hydrogens is 220 g/mol. The van der Waals surface area contributed by atoms with Crippen molar-refractivity contribution in [2.24, 2.45) is 0 Å². The van der Waals surface area contributed by atoms with Gasteiger partial charge in [-0.2, -0.15) is 0 Å². The summed E-state index contributed by atoms with van der Waals surface area (Å²) in [6, 6.07) is 3.47. The molecule has 2 heterocycles. The number of ketones is 1. The van der Waals surface area contributed by atoms with Crippen LogP contribution < -0.4 is 4.90 Å². The molecule has 0 radical (unpaired) electrons. The molecular formula is C12H16N2O3. The molecule has 17 heavy (non-hydrogen) atoms. The number of carbonyl (C=O) groups is 1. The van der Waals surface area contributed by atoms with E-state index in [9.17, 15) is 15.0 Å². The molecule has 0 amide bonds. The van der Waals surface area contributed by atoms with Gasteiger partial charge >= 0.3 is 0 Å². The van der Waals surface area contributed by atoms with Crippen LogP contribution in [0.2, 0.25) is 0 Å². The summed E-state index contributed by atoms with van der Waals surface area (Å²) < 4.78 is 0. The van der Waals surface area contributed by atoms with E-state index in [1.807, 2.05) is 4.90 Å². The topological polar surface area (TPSA) is 73.7 Å². The van der Waals surface area contributed by atoms with Gasteiger partial charge in [-0.1, -0.05) is 6.92 Å². The van der Waals surface area contributed by atoms with Crippen molar-refractivity contribution in [1.29, 1.82) is 0 Å². The van der Waals surface area contributed by atoms with Crippen molar-refractivity contribution in [2.45, 2.75) is 25.6 Å². The normalized spacial score (nSPS) is 24.1. The van der Waals surface area contributed by atoms with Crippen LogP contribution in [0.15, 0.2) is 18.3 Å². The number of aromatic nitrogens is 1. The summed E-state index contributed by atoms with van der Waals surface area (Å²) >= 11 is 0. The molecule has 0 spiro atoms. The van der Waals surface area contributed by atoms with Crippen molar-refractivity contribution in [1.82, 2.24) is 4.98 Å². The second kappa shape index (κ2) is 4.81. The van der Waals surface area contributed by atoms with Gasteiger partial charge in [0.25, 0.3) is 0 Å². The van der Waals surface area contributed by atoms with Gasteiger partial charge in [-0.3, -0.25) is 9.78 Å². The van der Waals surface area contributed by atoms with Gasteiger partial charge in [-0.15, -0.1) is 0 Å². The van der Waals surface area contributed by atoms with Gasteiger partial charge in [0.15, 0.2) is 5.78 Å². The zero-order valence-electron chi connectivity index (χ0n) is 9.71. The van der Waals surface area contributed by atoms with Crippen LogP contribution in [0.5, 0.6) is 0 Å². The highest BCUT2D eigenvalue weighted by Gasteiger charge is 2.29. The maximum absolute atomic E-state index is 11.4. The summed E-state index contributed by atoms with van der Waals surface area (Å²) in [5, 5.41) is 18.9. The predicted octanol–water partition coefficient (Wildman–Crippen LogP) is 0.216. The molecule has 0 bridgehead atoms. The van der Waals surface area contributed by atoms with Gasteiger partial charge in [0.05, 0.1) is 24.1 Å². The summed E-state index contributed by atoms with van der Waals surface area (Å²) in [5.74, 6) is 0.0121. The first-order valence-corrected chi connectivity index (χ1v) is 5.72. The number of carbonyl (C=O) groups excluding carboxylic acids is 1. The SMILES string of the molecule is CCC(=O)c1ccc(N2CC(O)C(O)C2)cn1. The Bertz CT molecular complexity index is 395. The predicted molar refractivity (Wildman–Crippen MR) is 63.1 cm³/mol. The fourth-order valence-electron chi connectivity index (χ4n) is 1.90. The third-order valence-corrected chi connectivity index (χ3v) is 2.98. The highest BCUT2D eigenvalue weighted by molar-refractivity contribution is 5.94. The molecule has 2 N–H and O–H groups in total. The Morgan fingerprint density at radius 3 is 2.53 bits per heavy atom. The molecule has 0 saturated carbocycles. The van der Waals surface area contributed by atoms with Gasteiger partial charge in [0.2, 0.25) is 0 Å². The van der Waals surface area contributed by atoms with E-state index in [2.05, 4.69) is 4.98 Å². The number of nitrogens with zero attached hydrogens (tertiary/aromatic N) is 2. The number of hydrogen-bond donors (Lipinski definition) is 2. The molecule has 2 rings (SSSR count). The molecule has 5 heteroatoms. The van der Waals surface area contributed by atoms with Gasteiger partial charge < -0.3 is 15.1 Å². The molecule has 2 unspecified atom stereocenters. The Morgan fingerprint density at radius 1 is 1.41 bits per heavy atom. The summed E-state index contributed by atoms with van der Waals surface area (Å²) in [4.78, 5) is 17.3. The minimum atomic E-state index is -0.716.